The number of hydrogen-bond acceptors (Lipinski definition) is 5. The lowest BCUT2D eigenvalue weighted by atomic mass is 9.87. The lowest BCUT2D eigenvalue weighted by Gasteiger charge is -2.33. The Morgan fingerprint density at radius 3 is 2.61 bits per heavy atom. The van der Waals surface area contributed by atoms with Crippen molar-refractivity contribution in [1.82, 2.24) is 19.9 Å². The van der Waals surface area contributed by atoms with Crippen LogP contribution < -0.4 is 15.5 Å². The molecule has 2 aromatic heterocycles. The van der Waals surface area contributed by atoms with Crippen LogP contribution >= 0.6 is 0 Å². The maximum absolute atomic E-state index is 12.9. The number of nitrogens with one attached hydrogen (secondary N) is 2. The van der Waals surface area contributed by atoms with Crippen molar-refractivity contribution in [3.63, 3.8) is 0 Å². The number of carbonyl (C=O) groups excluding carboxylic acids is 1. The Balaban J connectivity index is 1.14. The van der Waals surface area contributed by atoms with Gasteiger partial charge >= 0.3 is 0 Å². The second kappa shape index (κ2) is 11.4. The van der Waals surface area contributed by atoms with Gasteiger partial charge in [0.25, 0.3) is 5.91 Å². The van der Waals surface area contributed by atoms with E-state index < -0.39 is 0 Å². The number of nitrogens with zero attached hydrogens (tertiary/aromatic N) is 4. The summed E-state index contributed by atoms with van der Waals surface area (Å²) in [5.41, 5.74) is 3.88. The number of fused-ring (bicyclic) bond motifs is 1. The summed E-state index contributed by atoms with van der Waals surface area (Å²) in [6.45, 7) is 4.30. The highest BCUT2D eigenvalue weighted by Gasteiger charge is 2.27. The van der Waals surface area contributed by atoms with Gasteiger partial charge in [0.1, 0.15) is 5.82 Å². The van der Waals surface area contributed by atoms with Crippen LogP contribution in [0.25, 0.3) is 5.65 Å². The number of amides is 1. The van der Waals surface area contributed by atoms with Crippen molar-refractivity contribution in [2.75, 3.05) is 23.3 Å². The van der Waals surface area contributed by atoms with Gasteiger partial charge in [-0.1, -0.05) is 26.1 Å². The number of rotatable bonds is 9. The van der Waals surface area contributed by atoms with E-state index in [1.54, 1.807) is 6.20 Å². The minimum atomic E-state index is 0.0115. The minimum absolute atomic E-state index is 0.0115. The fraction of sp³-hybridized carbons (Fsp3) is 0.536. The summed E-state index contributed by atoms with van der Waals surface area (Å²) in [6.07, 6.45) is 11.0. The molecule has 188 valence electrons. The average molecular weight is 484 g/mol. The molecule has 3 heterocycles. The lowest BCUT2D eigenvalue weighted by molar-refractivity contribution is 0.0938. The number of hydrogen-bond donors (Lipinski definition) is 2. The molecule has 0 bridgehead atoms. The molecule has 1 saturated carbocycles. The fourth-order valence-corrected chi connectivity index (χ4v) is 5.71. The van der Waals surface area contributed by atoms with E-state index in [-0.39, 0.29) is 11.9 Å². The average Bonchev–Trinajstić information content (AvgIpc) is 3.55. The Morgan fingerprint density at radius 1 is 1.08 bits per heavy atom. The Morgan fingerprint density at radius 2 is 1.86 bits per heavy atom. The molecule has 7 nitrogen and oxygen atoms in total. The molecule has 36 heavy (non-hydrogen) atoms. The molecular weight excluding hydrogens is 447 g/mol. The summed E-state index contributed by atoms with van der Waals surface area (Å²) in [5.74, 6) is 1.74. The Kier molecular flexibility index (Phi) is 7.78. The van der Waals surface area contributed by atoms with Gasteiger partial charge in [0.2, 0.25) is 0 Å². The number of piperidine rings is 1. The Hall–Kier alpha value is -3.03. The van der Waals surface area contributed by atoms with Gasteiger partial charge < -0.3 is 15.5 Å². The fourth-order valence-electron chi connectivity index (χ4n) is 5.71. The summed E-state index contributed by atoms with van der Waals surface area (Å²) >= 11 is 0. The van der Waals surface area contributed by atoms with Gasteiger partial charge in [-0.05, 0) is 68.7 Å². The van der Waals surface area contributed by atoms with Gasteiger partial charge in [0.15, 0.2) is 5.65 Å². The second-order valence-electron chi connectivity index (χ2n) is 10.4. The number of anilines is 2. The molecule has 8 heteroatoms. The molecule has 1 aromatic carbocycles. The van der Waals surface area contributed by atoms with Gasteiger partial charge in [-0.25, -0.2) is 4.98 Å². The number of carbonyl (C=O) groups is 1. The molecule has 1 saturated heterocycles. The third-order valence-electron chi connectivity index (χ3n) is 7.72. The third-order valence-corrected chi connectivity index (χ3v) is 7.72. The van der Waals surface area contributed by atoms with Gasteiger partial charge in [-0.2, -0.15) is 9.61 Å². The molecule has 1 aliphatic heterocycles. The first kappa shape index (κ1) is 24.7. The smallest absolute Gasteiger partial charge is 0.251 e. The van der Waals surface area contributed by atoms with Crippen LogP contribution in [0.5, 0.6) is 0 Å². The van der Waals surface area contributed by atoms with E-state index in [9.17, 15) is 4.79 Å². The Labute approximate surface area is 215 Å². The maximum Gasteiger partial charge on any atom is 0.251 e. The molecule has 2 atom stereocenters. The van der Waals surface area contributed by atoms with Crippen molar-refractivity contribution >= 4 is 30.9 Å². The van der Waals surface area contributed by atoms with E-state index in [4.69, 9.17) is 12.8 Å². The zero-order valence-electron chi connectivity index (χ0n) is 21.3. The maximum atomic E-state index is 12.9. The second-order valence-corrected chi connectivity index (χ2v) is 10.4. The quantitative estimate of drug-likeness (QED) is 0.433. The first-order valence-electron chi connectivity index (χ1n) is 13.6. The van der Waals surface area contributed by atoms with Crippen molar-refractivity contribution in [2.45, 2.75) is 76.7 Å². The van der Waals surface area contributed by atoms with Gasteiger partial charge in [0.05, 0.1) is 14.0 Å². The zero-order chi connectivity index (χ0) is 24.9. The molecular formula is C28H37BN6O. The SMILES string of the molecule is [B]CCC1CCN(c2ccc(C(=O)NC3CCC(Nc4cc(CCC)nc5ccnn45)C3)cc2)CC1. The summed E-state index contributed by atoms with van der Waals surface area (Å²) in [7, 11) is 5.72. The summed E-state index contributed by atoms with van der Waals surface area (Å²) in [4.78, 5) is 20.1. The van der Waals surface area contributed by atoms with Gasteiger partial charge in [0, 0.05) is 54.3 Å². The molecule has 1 amide bonds. The molecule has 1 aliphatic carbocycles. The Bertz CT molecular complexity index is 1150. The largest absolute Gasteiger partial charge is 0.372 e. The molecule has 3 aromatic rings. The number of aryl methyl sites for hydroxylation is 1. The predicted molar refractivity (Wildman–Crippen MR) is 146 cm³/mol. The van der Waals surface area contributed by atoms with E-state index in [1.807, 2.05) is 22.7 Å². The highest BCUT2D eigenvalue weighted by Crippen LogP contribution is 2.27. The highest BCUT2D eigenvalue weighted by molar-refractivity contribution is 6.08. The van der Waals surface area contributed by atoms with Crippen LogP contribution in [0.3, 0.4) is 0 Å². The number of benzene rings is 1. The molecule has 5 rings (SSSR count). The summed E-state index contributed by atoms with van der Waals surface area (Å²) in [5, 5.41) is 11.4. The molecule has 2 N–H and O–H groups in total. The van der Waals surface area contributed by atoms with E-state index in [0.717, 1.165) is 86.6 Å². The van der Waals surface area contributed by atoms with Crippen LogP contribution in [0.4, 0.5) is 11.5 Å². The number of aromatic nitrogens is 3. The minimum Gasteiger partial charge on any atom is -0.372 e. The van der Waals surface area contributed by atoms with Crippen LogP contribution in [0.15, 0.2) is 42.6 Å². The van der Waals surface area contributed by atoms with E-state index >= 15 is 0 Å². The zero-order valence-corrected chi connectivity index (χ0v) is 21.3. The lowest BCUT2D eigenvalue weighted by Crippen LogP contribution is -2.34. The highest BCUT2D eigenvalue weighted by atomic mass is 16.1. The first-order valence-corrected chi connectivity index (χ1v) is 13.6. The normalized spacial score (nSPS) is 20.6. The van der Waals surface area contributed by atoms with E-state index in [1.165, 1.54) is 18.5 Å². The van der Waals surface area contributed by atoms with Crippen molar-refractivity contribution in [1.29, 1.82) is 0 Å². The van der Waals surface area contributed by atoms with E-state index in [0.29, 0.717) is 6.04 Å². The molecule has 2 aliphatic rings. The van der Waals surface area contributed by atoms with Gasteiger partial charge in [-0.15, -0.1) is 0 Å². The molecule has 2 fully saturated rings. The topological polar surface area (TPSA) is 74.6 Å². The van der Waals surface area contributed by atoms with Crippen LogP contribution in [0.2, 0.25) is 6.32 Å². The van der Waals surface area contributed by atoms with Crippen LogP contribution in [-0.4, -0.2) is 53.5 Å². The molecule has 2 unspecified atom stereocenters. The summed E-state index contributed by atoms with van der Waals surface area (Å²) in [6, 6.07) is 12.6. The first-order chi connectivity index (χ1) is 17.6. The van der Waals surface area contributed by atoms with Crippen molar-refractivity contribution in [3.05, 3.63) is 53.9 Å². The van der Waals surface area contributed by atoms with Crippen LogP contribution in [0.1, 0.15) is 67.9 Å². The van der Waals surface area contributed by atoms with Crippen molar-refractivity contribution in [3.8, 4) is 0 Å². The van der Waals surface area contributed by atoms with Gasteiger partial charge in [-0.3, -0.25) is 4.79 Å². The standard InChI is InChI=1S/C28H37BN6O/c1-2-3-22-19-27(35-26(31-22)11-15-30-35)32-23-6-7-24(18-23)33-28(36)21-4-8-25(9-5-21)34-16-12-20(10-14-29)13-17-34/h4-5,8-9,11,15,19-20,23-24,32H,2-3,6-7,10,12-14,16-18H2,1H3,(H,33,36). The van der Waals surface area contributed by atoms with Crippen molar-refractivity contribution in [2.24, 2.45) is 5.92 Å². The monoisotopic (exact) mass is 484 g/mol. The van der Waals surface area contributed by atoms with Crippen LogP contribution in [-0.2, 0) is 6.42 Å². The molecule has 0 spiro atoms. The third kappa shape index (κ3) is 5.68. The predicted octanol–water partition coefficient (Wildman–Crippen LogP) is 4.64. The van der Waals surface area contributed by atoms with Crippen LogP contribution in [0, 0.1) is 5.92 Å². The summed E-state index contributed by atoms with van der Waals surface area (Å²) < 4.78 is 1.87. The molecule has 2 radical (unpaired) electrons. The van der Waals surface area contributed by atoms with Crippen molar-refractivity contribution < 1.29 is 4.79 Å². The van der Waals surface area contributed by atoms with E-state index in [2.05, 4.69) is 45.8 Å².